The Hall–Kier alpha value is -2.75. The molecule has 28 heavy (non-hydrogen) atoms. The molecule has 9 heteroatoms. The maximum absolute atomic E-state index is 12.7. The maximum Gasteiger partial charge on any atom is 0.301 e. The molecule has 0 aliphatic rings. The van der Waals surface area contributed by atoms with Crippen LogP contribution in [0.1, 0.15) is 20.8 Å². The number of carbonyl (C=O) groups excluding carboxylic acids is 1. The summed E-state index contributed by atoms with van der Waals surface area (Å²) in [7, 11) is -0.682. The molecule has 0 unspecified atom stereocenters. The minimum atomic E-state index is -3.58. The van der Waals surface area contributed by atoms with E-state index in [9.17, 15) is 13.2 Å². The number of anilines is 3. The van der Waals surface area contributed by atoms with E-state index in [0.717, 1.165) is 9.87 Å². The van der Waals surface area contributed by atoms with Crippen LogP contribution in [0, 0.1) is 6.92 Å². The van der Waals surface area contributed by atoms with E-state index in [4.69, 9.17) is 0 Å². The van der Waals surface area contributed by atoms with Gasteiger partial charge >= 0.3 is 10.2 Å². The molecule has 0 amide bonds. The normalized spacial score (nSPS) is 11.4. The summed E-state index contributed by atoms with van der Waals surface area (Å²) in [5.74, 6) is -0.0730. The largest absolute Gasteiger partial charge is 0.331 e. The van der Waals surface area contributed by atoms with Crippen molar-refractivity contribution in [3.63, 3.8) is 0 Å². The quantitative estimate of drug-likeness (QED) is 0.574. The van der Waals surface area contributed by atoms with Crippen LogP contribution in [0.3, 0.4) is 0 Å². The molecule has 0 atom stereocenters. The highest BCUT2D eigenvalue weighted by Crippen LogP contribution is 2.26. The Balaban J connectivity index is 1.76. The highest BCUT2D eigenvalue weighted by Gasteiger charge is 2.16. The summed E-state index contributed by atoms with van der Waals surface area (Å²) in [4.78, 5) is 17.5. The van der Waals surface area contributed by atoms with Crippen molar-refractivity contribution in [3.05, 3.63) is 70.7 Å². The van der Waals surface area contributed by atoms with Gasteiger partial charge in [0, 0.05) is 25.3 Å². The van der Waals surface area contributed by atoms with Crippen LogP contribution in [0.25, 0.3) is 0 Å². The van der Waals surface area contributed by atoms with Crippen molar-refractivity contribution in [2.45, 2.75) is 6.92 Å². The fourth-order valence-corrected chi connectivity index (χ4v) is 3.82. The molecule has 3 rings (SSSR count). The second-order valence-electron chi connectivity index (χ2n) is 6.27. The van der Waals surface area contributed by atoms with E-state index in [1.165, 1.54) is 25.4 Å². The van der Waals surface area contributed by atoms with Crippen LogP contribution >= 0.6 is 11.3 Å². The van der Waals surface area contributed by atoms with Crippen molar-refractivity contribution in [1.82, 2.24) is 9.29 Å². The standard InChI is InChI=1S/C19H20N4O3S2/c1-13-7-4-5-10-16(13)18(24)17-12-20-19(27-17)21-14-8-6-9-15(11-14)22-28(25,26)23(2)3/h4-12,22H,1-3H3,(H,20,21). The van der Waals surface area contributed by atoms with Crippen LogP contribution in [0.15, 0.2) is 54.7 Å². The Labute approximate surface area is 168 Å². The first-order chi connectivity index (χ1) is 13.3. The summed E-state index contributed by atoms with van der Waals surface area (Å²) in [5.41, 5.74) is 2.64. The molecule has 0 bridgehead atoms. The summed E-state index contributed by atoms with van der Waals surface area (Å²) in [6.45, 7) is 1.90. The molecule has 2 aromatic carbocycles. The summed E-state index contributed by atoms with van der Waals surface area (Å²) >= 11 is 1.24. The Bertz CT molecular complexity index is 1110. The van der Waals surface area contributed by atoms with E-state index in [2.05, 4.69) is 15.0 Å². The molecule has 7 nitrogen and oxygen atoms in total. The Morgan fingerprint density at radius 3 is 2.50 bits per heavy atom. The maximum atomic E-state index is 12.7. The summed E-state index contributed by atoms with van der Waals surface area (Å²) in [6, 6.07) is 14.2. The zero-order valence-corrected chi connectivity index (χ0v) is 17.3. The molecular formula is C19H20N4O3S2. The fraction of sp³-hybridized carbons (Fsp3) is 0.158. The predicted octanol–water partition coefficient (Wildman–Crippen LogP) is 3.64. The van der Waals surface area contributed by atoms with E-state index in [0.29, 0.717) is 26.9 Å². The van der Waals surface area contributed by atoms with Crippen LogP contribution in [0.2, 0.25) is 0 Å². The van der Waals surface area contributed by atoms with Crippen LogP contribution in [-0.4, -0.2) is 37.6 Å². The van der Waals surface area contributed by atoms with Crippen molar-refractivity contribution < 1.29 is 13.2 Å². The van der Waals surface area contributed by atoms with Gasteiger partial charge in [-0.15, -0.1) is 0 Å². The number of ketones is 1. The number of aryl methyl sites for hydroxylation is 1. The van der Waals surface area contributed by atoms with E-state index < -0.39 is 10.2 Å². The van der Waals surface area contributed by atoms with Gasteiger partial charge < -0.3 is 5.32 Å². The van der Waals surface area contributed by atoms with Gasteiger partial charge in [-0.25, -0.2) is 4.98 Å². The molecule has 0 aliphatic carbocycles. The number of aromatic nitrogens is 1. The van der Waals surface area contributed by atoms with E-state index >= 15 is 0 Å². The molecule has 0 aliphatic heterocycles. The number of hydrogen-bond donors (Lipinski definition) is 2. The first-order valence-corrected chi connectivity index (χ1v) is 10.7. The lowest BCUT2D eigenvalue weighted by molar-refractivity contribution is 0.104. The van der Waals surface area contributed by atoms with Gasteiger partial charge in [0.25, 0.3) is 0 Å². The number of nitrogens with one attached hydrogen (secondary N) is 2. The summed E-state index contributed by atoms with van der Waals surface area (Å²) in [5, 5.41) is 3.65. The third-order valence-corrected chi connectivity index (χ3v) is 6.33. The molecule has 3 aromatic rings. The first-order valence-electron chi connectivity index (χ1n) is 8.40. The summed E-state index contributed by atoms with van der Waals surface area (Å²) in [6.07, 6.45) is 1.54. The van der Waals surface area contributed by atoms with E-state index in [1.54, 1.807) is 36.5 Å². The van der Waals surface area contributed by atoms with Crippen molar-refractivity contribution in [1.29, 1.82) is 0 Å². The highest BCUT2D eigenvalue weighted by atomic mass is 32.2. The molecule has 0 spiro atoms. The Kier molecular flexibility index (Phi) is 5.78. The molecule has 1 heterocycles. The van der Waals surface area contributed by atoms with Crippen LogP contribution in [0.5, 0.6) is 0 Å². The average molecular weight is 417 g/mol. The minimum absolute atomic E-state index is 0.0730. The monoisotopic (exact) mass is 416 g/mol. The number of thiazole rings is 1. The van der Waals surface area contributed by atoms with Gasteiger partial charge in [-0.3, -0.25) is 9.52 Å². The van der Waals surface area contributed by atoms with Crippen molar-refractivity contribution >= 4 is 43.8 Å². The lowest BCUT2D eigenvalue weighted by Crippen LogP contribution is -2.28. The molecule has 146 valence electrons. The number of nitrogens with zero attached hydrogens (tertiary/aromatic N) is 2. The second kappa shape index (κ2) is 8.09. The van der Waals surface area contributed by atoms with Crippen molar-refractivity contribution in [2.75, 3.05) is 24.1 Å². The fourth-order valence-electron chi connectivity index (χ4n) is 2.42. The second-order valence-corrected chi connectivity index (χ2v) is 9.18. The first kappa shape index (κ1) is 20.0. The smallest absolute Gasteiger partial charge is 0.301 e. The zero-order chi connectivity index (χ0) is 20.3. The molecule has 0 radical (unpaired) electrons. The van der Waals surface area contributed by atoms with Gasteiger partial charge in [0.2, 0.25) is 5.78 Å². The topological polar surface area (TPSA) is 91.4 Å². The van der Waals surface area contributed by atoms with Crippen molar-refractivity contribution in [2.24, 2.45) is 0 Å². The molecule has 1 aromatic heterocycles. The SMILES string of the molecule is Cc1ccccc1C(=O)c1cnc(Nc2cccc(NS(=O)(=O)N(C)C)c2)s1. The minimum Gasteiger partial charge on any atom is -0.331 e. The Morgan fingerprint density at radius 1 is 1.07 bits per heavy atom. The zero-order valence-electron chi connectivity index (χ0n) is 15.6. The molecule has 2 N–H and O–H groups in total. The lowest BCUT2D eigenvalue weighted by Gasteiger charge is -2.14. The predicted molar refractivity (Wildman–Crippen MR) is 113 cm³/mol. The van der Waals surface area contributed by atoms with Gasteiger partial charge in [0.05, 0.1) is 16.8 Å². The van der Waals surface area contributed by atoms with Gasteiger partial charge in [-0.05, 0) is 30.7 Å². The molecular weight excluding hydrogens is 396 g/mol. The van der Waals surface area contributed by atoms with Crippen LogP contribution in [0.4, 0.5) is 16.5 Å². The van der Waals surface area contributed by atoms with E-state index in [1.807, 2.05) is 25.1 Å². The summed E-state index contributed by atoms with van der Waals surface area (Å²) < 4.78 is 27.5. The molecule has 0 saturated heterocycles. The highest BCUT2D eigenvalue weighted by molar-refractivity contribution is 7.90. The Morgan fingerprint density at radius 2 is 1.79 bits per heavy atom. The van der Waals surface area contributed by atoms with Gasteiger partial charge in [0.1, 0.15) is 0 Å². The molecule has 0 fully saturated rings. The molecule has 0 saturated carbocycles. The number of benzene rings is 2. The van der Waals surface area contributed by atoms with Gasteiger partial charge in [-0.2, -0.15) is 12.7 Å². The van der Waals surface area contributed by atoms with Crippen LogP contribution in [-0.2, 0) is 10.2 Å². The number of carbonyl (C=O) groups is 1. The third-order valence-electron chi connectivity index (χ3n) is 3.96. The number of hydrogen-bond acceptors (Lipinski definition) is 6. The van der Waals surface area contributed by atoms with Gasteiger partial charge in [-0.1, -0.05) is 41.7 Å². The van der Waals surface area contributed by atoms with Gasteiger partial charge in [0.15, 0.2) is 5.13 Å². The van der Waals surface area contributed by atoms with Crippen molar-refractivity contribution in [3.8, 4) is 0 Å². The average Bonchev–Trinajstić information content (AvgIpc) is 3.10. The van der Waals surface area contributed by atoms with E-state index in [-0.39, 0.29) is 5.78 Å². The lowest BCUT2D eigenvalue weighted by atomic mass is 10.0. The third kappa shape index (κ3) is 4.56. The number of rotatable bonds is 7. The van der Waals surface area contributed by atoms with Crippen LogP contribution < -0.4 is 10.0 Å².